The molecule has 0 aliphatic heterocycles. The molecule has 0 aliphatic rings. The molecule has 0 saturated heterocycles. The summed E-state index contributed by atoms with van der Waals surface area (Å²) < 4.78 is 0. The predicted octanol–water partition coefficient (Wildman–Crippen LogP) is -3.27. The number of rotatable bonds is 5. The van der Waals surface area contributed by atoms with E-state index in [1.807, 2.05) is 0 Å². The Morgan fingerprint density at radius 2 is 1.00 bits per heavy atom. The van der Waals surface area contributed by atoms with E-state index < -0.39 is 36.4 Å². The van der Waals surface area contributed by atoms with Crippen LogP contribution in [0, 0.1) is 0 Å². The summed E-state index contributed by atoms with van der Waals surface area (Å²) >= 11 is 0. The number of aliphatic carboxylic acids is 3. The van der Waals surface area contributed by atoms with Gasteiger partial charge in [-0.1, -0.05) is 0 Å². The molecule has 0 aromatic heterocycles. The number of carboxylic acid groups (broad SMARTS) is 3. The van der Waals surface area contributed by atoms with Crippen molar-refractivity contribution in [3.63, 3.8) is 0 Å². The Hall–Kier alpha value is 2.59. The minimum absolute atomic E-state index is 0. The van der Waals surface area contributed by atoms with Crippen LogP contribution in [0.5, 0.6) is 0 Å². The quantitative estimate of drug-likeness (QED) is 0.385. The van der Waals surface area contributed by atoms with E-state index in [1.54, 1.807) is 0 Å². The molecule has 19 heavy (non-hydrogen) atoms. The fourth-order valence-electron chi connectivity index (χ4n) is 0.714. The van der Waals surface area contributed by atoms with Crippen LogP contribution in [0.3, 0.4) is 0 Å². The van der Waals surface area contributed by atoms with Crippen molar-refractivity contribution in [2.75, 3.05) is 0 Å². The van der Waals surface area contributed by atoms with Crippen molar-refractivity contribution in [3.8, 4) is 0 Å². The molecule has 0 amide bonds. The Morgan fingerprint density at radius 1 is 0.789 bits per heavy atom. The normalized spacial score (nSPS) is 7.42. The number of carbonyl (C=O) groups is 3. The van der Waals surface area contributed by atoms with E-state index in [2.05, 4.69) is 0 Å². The molecule has 13 heteroatoms. The number of hydrogen-bond donors (Lipinski definition) is 4. The van der Waals surface area contributed by atoms with Gasteiger partial charge in [-0.3, -0.25) is 14.3 Å². The first-order valence-corrected chi connectivity index (χ1v) is 3.17. The summed E-state index contributed by atoms with van der Waals surface area (Å²) in [5.41, 5.74) is -2.74. The molecule has 0 atom stereocenters. The monoisotopic (exact) mass is 344 g/mol. The van der Waals surface area contributed by atoms with Crippen molar-refractivity contribution < 1.29 is 39.5 Å². The molecule has 0 bridgehead atoms. The molecule has 0 saturated carbocycles. The second-order valence-corrected chi connectivity index (χ2v) is 2.48. The molecule has 4 N–H and O–H groups in total. The van der Waals surface area contributed by atoms with Gasteiger partial charge >= 0.3 is 136 Å². The maximum absolute atomic E-state index is 10.3. The number of halogens is 2. The molecule has 0 rings (SSSR count). The zero-order chi connectivity index (χ0) is 10.6. The third kappa shape index (κ3) is 20.6. The molecular weight excluding hydrogens is 330 g/mol. The minimum atomic E-state index is -2.74. The number of hydrogen-bond acceptors (Lipinski definition) is 4. The Kier molecular flexibility index (Phi) is 46.6. The van der Waals surface area contributed by atoms with Crippen LogP contribution in [0.4, 0.5) is 4.70 Å². The van der Waals surface area contributed by atoms with E-state index >= 15 is 0 Å². The second kappa shape index (κ2) is 20.6. The molecule has 0 fully saturated rings. The zero-order valence-corrected chi connectivity index (χ0v) is 8.06. The fraction of sp³-hybridized carbons (Fsp3) is 0.500. The van der Waals surface area contributed by atoms with Crippen molar-refractivity contribution in [2.45, 2.75) is 18.4 Å². The summed E-state index contributed by atoms with van der Waals surface area (Å²) in [5, 5.41) is 33.8. The van der Waals surface area contributed by atoms with E-state index in [-0.39, 0.29) is 135 Å². The van der Waals surface area contributed by atoms with Gasteiger partial charge in [0.25, 0.3) is 0 Å². The summed E-state index contributed by atoms with van der Waals surface area (Å²) in [7, 11) is 0. The average Bonchev–Trinajstić information content (AvgIpc) is 1.82. The number of aliphatic hydroxyl groups is 1. The molecular formula is C6H14ClFNa4O7. The van der Waals surface area contributed by atoms with E-state index in [0.29, 0.717) is 0 Å². The van der Waals surface area contributed by atoms with E-state index in [0.717, 1.165) is 0 Å². The molecule has 0 radical (unpaired) electrons. The third-order valence-corrected chi connectivity index (χ3v) is 1.29. The van der Waals surface area contributed by atoms with Gasteiger partial charge in [-0.2, -0.15) is 0 Å². The van der Waals surface area contributed by atoms with Crippen molar-refractivity contribution in [2.24, 2.45) is 0 Å². The summed E-state index contributed by atoms with van der Waals surface area (Å²) in [6.07, 6.45) is -2.29. The predicted molar refractivity (Wildman–Crippen MR) is 75.4 cm³/mol. The molecule has 98 valence electrons. The van der Waals surface area contributed by atoms with Gasteiger partial charge in [0, 0.05) is 0 Å². The summed E-state index contributed by atoms with van der Waals surface area (Å²) in [6, 6.07) is 0. The topological polar surface area (TPSA) is 132 Å². The van der Waals surface area contributed by atoms with Crippen molar-refractivity contribution in [1.29, 1.82) is 0 Å². The first kappa shape index (κ1) is 43.0. The van der Waals surface area contributed by atoms with Crippen LogP contribution >= 0.6 is 12.4 Å². The molecule has 0 aromatic rings. The maximum atomic E-state index is 10.3. The first-order chi connectivity index (χ1) is 5.78. The van der Waals surface area contributed by atoms with E-state index in [4.69, 9.17) is 20.4 Å². The first-order valence-electron chi connectivity index (χ1n) is 3.17. The summed E-state index contributed by atoms with van der Waals surface area (Å²) in [5.74, 6) is -5.02. The fourth-order valence-corrected chi connectivity index (χ4v) is 0.714. The molecule has 0 aromatic carbocycles. The zero-order valence-electron chi connectivity index (χ0n) is 7.24. The Bertz CT molecular complexity index is 252. The van der Waals surface area contributed by atoms with Crippen molar-refractivity contribution in [1.82, 2.24) is 0 Å². The van der Waals surface area contributed by atoms with Crippen molar-refractivity contribution >= 4 is 149 Å². The van der Waals surface area contributed by atoms with Gasteiger partial charge in [-0.25, -0.2) is 4.79 Å². The number of carboxylic acids is 3. The standard InChI is InChI=1S/C6H8O7.ClH.FH.4Na.4H/c7-3(8)1-6(13,5(11)12)2-4(9)10;;;;;;;;;;/h13H,1-2H2,(H,7,8)(H,9,10)(H,11,12);2*1H;;;;;;;;. The van der Waals surface area contributed by atoms with Gasteiger partial charge in [0.1, 0.15) is 0 Å². The van der Waals surface area contributed by atoms with Gasteiger partial charge in [-0.15, -0.1) is 12.4 Å². The Balaban J connectivity index is -0.0000000480. The third-order valence-electron chi connectivity index (χ3n) is 1.29. The molecule has 0 heterocycles. The molecule has 0 spiro atoms. The summed E-state index contributed by atoms with van der Waals surface area (Å²) in [4.78, 5) is 30.5. The SMILES string of the molecule is Cl.F.O=C(O)CC(O)(CC(=O)O)C(=O)O.[NaH].[NaH].[NaH].[NaH]. The van der Waals surface area contributed by atoms with Crippen LogP contribution in [0.25, 0.3) is 0 Å². The van der Waals surface area contributed by atoms with E-state index in [1.165, 1.54) is 0 Å². The summed E-state index contributed by atoms with van der Waals surface area (Å²) in [6.45, 7) is 0. The van der Waals surface area contributed by atoms with E-state index in [9.17, 15) is 14.4 Å². The van der Waals surface area contributed by atoms with Gasteiger partial charge < -0.3 is 20.4 Å². The Labute approximate surface area is 203 Å². The van der Waals surface area contributed by atoms with Crippen LogP contribution in [0.2, 0.25) is 0 Å². The van der Waals surface area contributed by atoms with Gasteiger partial charge in [-0.05, 0) is 0 Å². The van der Waals surface area contributed by atoms with Crippen LogP contribution < -0.4 is 0 Å². The molecule has 0 aliphatic carbocycles. The average molecular weight is 345 g/mol. The molecule has 7 nitrogen and oxygen atoms in total. The molecule has 0 unspecified atom stereocenters. The van der Waals surface area contributed by atoms with Crippen LogP contribution in [0.15, 0.2) is 0 Å². The van der Waals surface area contributed by atoms with Crippen LogP contribution in [-0.4, -0.2) is 162 Å². The van der Waals surface area contributed by atoms with Gasteiger partial charge in [0.05, 0.1) is 12.8 Å². The van der Waals surface area contributed by atoms with Gasteiger partial charge in [0.15, 0.2) is 5.60 Å². The van der Waals surface area contributed by atoms with Crippen LogP contribution in [-0.2, 0) is 14.4 Å². The van der Waals surface area contributed by atoms with Crippen LogP contribution in [0.1, 0.15) is 12.8 Å². The van der Waals surface area contributed by atoms with Gasteiger partial charge in [0.2, 0.25) is 0 Å². The Morgan fingerprint density at radius 3 is 1.11 bits per heavy atom. The van der Waals surface area contributed by atoms with Crippen molar-refractivity contribution in [3.05, 3.63) is 0 Å². The second-order valence-electron chi connectivity index (χ2n) is 2.48.